The first-order valence-electron chi connectivity index (χ1n) is 7.62. The summed E-state index contributed by atoms with van der Waals surface area (Å²) < 4.78 is 27.2. The summed E-state index contributed by atoms with van der Waals surface area (Å²) in [7, 11) is -3.69. The molecule has 0 saturated carbocycles. The number of anilines is 1. The smallest absolute Gasteiger partial charge is 0.274 e. The Kier molecular flexibility index (Phi) is 5.94. The fourth-order valence-electron chi connectivity index (χ4n) is 2.18. The van der Waals surface area contributed by atoms with Crippen molar-refractivity contribution in [3.8, 4) is 0 Å². The fraction of sp³-hybridized carbons (Fsp3) is 0.235. The first kappa shape index (κ1) is 18.0. The number of nitrogens with one attached hydrogen (secondary N) is 2. The number of carbonyl (C=O) groups is 1. The van der Waals surface area contributed by atoms with Crippen LogP contribution in [0.4, 0.5) is 5.69 Å². The maximum absolute atomic E-state index is 12.4. The van der Waals surface area contributed by atoms with Crippen molar-refractivity contribution in [2.24, 2.45) is 0 Å². The second-order valence-corrected chi connectivity index (χ2v) is 7.05. The molecule has 7 heteroatoms. The number of hydrogen-bond acceptors (Lipinski definition) is 4. The second-order valence-electron chi connectivity index (χ2n) is 5.37. The van der Waals surface area contributed by atoms with E-state index in [1.807, 2.05) is 12.1 Å². The molecule has 128 valence electrons. The Labute approximate surface area is 141 Å². The molecule has 2 aromatic carbocycles. The molecule has 24 heavy (non-hydrogen) atoms. The SMILES string of the molecule is CCCCc1ccc(S(=O)(=O)Nc2ccc(C(=O)NO)cc2)cc1. The summed E-state index contributed by atoms with van der Waals surface area (Å²) in [6, 6.07) is 12.5. The lowest BCUT2D eigenvalue weighted by molar-refractivity contribution is 0.0706. The number of sulfonamides is 1. The van der Waals surface area contributed by atoms with E-state index < -0.39 is 15.9 Å². The number of hydrogen-bond donors (Lipinski definition) is 3. The van der Waals surface area contributed by atoms with Crippen LogP contribution in [0.1, 0.15) is 35.7 Å². The maximum atomic E-state index is 12.4. The highest BCUT2D eigenvalue weighted by Gasteiger charge is 2.14. The molecule has 0 atom stereocenters. The van der Waals surface area contributed by atoms with Gasteiger partial charge in [0.2, 0.25) is 0 Å². The monoisotopic (exact) mass is 348 g/mol. The number of benzene rings is 2. The minimum atomic E-state index is -3.69. The third-order valence-electron chi connectivity index (χ3n) is 3.55. The van der Waals surface area contributed by atoms with Gasteiger partial charge >= 0.3 is 0 Å². The summed E-state index contributed by atoms with van der Waals surface area (Å²) in [4.78, 5) is 11.4. The van der Waals surface area contributed by atoms with Crippen LogP contribution in [0, 0.1) is 0 Å². The van der Waals surface area contributed by atoms with Gasteiger partial charge in [0.05, 0.1) is 4.90 Å². The molecule has 0 bridgehead atoms. The van der Waals surface area contributed by atoms with Crippen LogP contribution < -0.4 is 10.2 Å². The van der Waals surface area contributed by atoms with Gasteiger partial charge in [-0.15, -0.1) is 0 Å². The number of amides is 1. The van der Waals surface area contributed by atoms with Gasteiger partial charge in [-0.1, -0.05) is 25.5 Å². The van der Waals surface area contributed by atoms with Gasteiger partial charge < -0.3 is 0 Å². The van der Waals surface area contributed by atoms with Crippen LogP contribution in [0.25, 0.3) is 0 Å². The molecule has 2 rings (SSSR count). The minimum absolute atomic E-state index is 0.180. The third kappa shape index (κ3) is 4.56. The maximum Gasteiger partial charge on any atom is 0.274 e. The summed E-state index contributed by atoms with van der Waals surface area (Å²) in [6.45, 7) is 2.11. The average Bonchev–Trinajstić information content (AvgIpc) is 2.60. The molecule has 0 aliphatic rings. The standard InChI is InChI=1S/C17H20N2O4S/c1-2-3-4-13-5-11-16(12-6-13)24(22,23)19-15-9-7-14(8-10-15)17(20)18-21/h5-12,19,21H,2-4H2,1H3,(H,18,20). The van der Waals surface area contributed by atoms with Gasteiger partial charge in [0.25, 0.3) is 15.9 Å². The van der Waals surface area contributed by atoms with Crippen molar-refractivity contribution in [1.82, 2.24) is 5.48 Å². The molecule has 0 radical (unpaired) electrons. The molecule has 0 spiro atoms. The van der Waals surface area contributed by atoms with E-state index in [0.717, 1.165) is 24.8 Å². The van der Waals surface area contributed by atoms with Crippen LogP contribution in [-0.4, -0.2) is 19.5 Å². The topological polar surface area (TPSA) is 95.5 Å². The van der Waals surface area contributed by atoms with Gasteiger partial charge in [-0.3, -0.25) is 14.7 Å². The molecule has 0 aromatic heterocycles. The van der Waals surface area contributed by atoms with Crippen molar-refractivity contribution in [1.29, 1.82) is 0 Å². The fourth-order valence-corrected chi connectivity index (χ4v) is 3.24. The van der Waals surface area contributed by atoms with E-state index in [1.165, 1.54) is 29.7 Å². The zero-order valence-corrected chi connectivity index (χ0v) is 14.1. The molecular formula is C17H20N2O4S. The molecule has 0 aliphatic carbocycles. The third-order valence-corrected chi connectivity index (χ3v) is 4.95. The van der Waals surface area contributed by atoms with Gasteiger partial charge in [0, 0.05) is 11.3 Å². The summed E-state index contributed by atoms with van der Waals surface area (Å²) in [6.07, 6.45) is 3.09. The average molecular weight is 348 g/mol. The lowest BCUT2D eigenvalue weighted by Crippen LogP contribution is -2.18. The van der Waals surface area contributed by atoms with Gasteiger partial charge in [-0.25, -0.2) is 13.9 Å². The van der Waals surface area contributed by atoms with Gasteiger partial charge in [0.15, 0.2) is 0 Å². The lowest BCUT2D eigenvalue weighted by Gasteiger charge is -2.09. The van der Waals surface area contributed by atoms with Crippen LogP contribution in [0.15, 0.2) is 53.4 Å². The predicted molar refractivity (Wildman–Crippen MR) is 91.6 cm³/mol. The Morgan fingerprint density at radius 2 is 1.67 bits per heavy atom. The van der Waals surface area contributed by atoms with Gasteiger partial charge in [-0.05, 0) is 54.8 Å². The van der Waals surface area contributed by atoms with Crippen LogP contribution in [0.5, 0.6) is 0 Å². The van der Waals surface area contributed by atoms with Crippen molar-refractivity contribution in [2.75, 3.05) is 4.72 Å². The largest absolute Gasteiger partial charge is 0.288 e. The highest BCUT2D eigenvalue weighted by atomic mass is 32.2. The van der Waals surface area contributed by atoms with E-state index in [1.54, 1.807) is 12.1 Å². The molecule has 2 aromatic rings. The van der Waals surface area contributed by atoms with Crippen molar-refractivity contribution in [2.45, 2.75) is 31.1 Å². The Balaban J connectivity index is 2.11. The van der Waals surface area contributed by atoms with E-state index >= 15 is 0 Å². The number of rotatable bonds is 7. The number of hydroxylamine groups is 1. The predicted octanol–water partition coefficient (Wildman–Crippen LogP) is 2.95. The number of carbonyl (C=O) groups excluding carboxylic acids is 1. The van der Waals surface area contributed by atoms with Crippen LogP contribution >= 0.6 is 0 Å². The van der Waals surface area contributed by atoms with Crippen LogP contribution in [-0.2, 0) is 16.4 Å². The summed E-state index contributed by atoms with van der Waals surface area (Å²) in [5.41, 5.74) is 3.18. The number of unbranched alkanes of at least 4 members (excludes halogenated alkanes) is 1. The molecule has 0 saturated heterocycles. The van der Waals surface area contributed by atoms with E-state index in [9.17, 15) is 13.2 Å². The Morgan fingerprint density at radius 1 is 1.04 bits per heavy atom. The van der Waals surface area contributed by atoms with E-state index in [-0.39, 0.29) is 10.5 Å². The minimum Gasteiger partial charge on any atom is -0.288 e. The molecule has 0 aliphatic heterocycles. The van der Waals surface area contributed by atoms with Gasteiger partial charge in [-0.2, -0.15) is 0 Å². The van der Waals surface area contributed by atoms with Crippen LogP contribution in [0.3, 0.4) is 0 Å². The van der Waals surface area contributed by atoms with Crippen molar-refractivity contribution < 1.29 is 18.4 Å². The van der Waals surface area contributed by atoms with E-state index in [4.69, 9.17) is 5.21 Å². The molecule has 0 fully saturated rings. The Bertz CT molecular complexity index is 784. The molecule has 6 nitrogen and oxygen atoms in total. The highest BCUT2D eigenvalue weighted by molar-refractivity contribution is 7.92. The summed E-state index contributed by atoms with van der Waals surface area (Å²) >= 11 is 0. The van der Waals surface area contributed by atoms with Crippen molar-refractivity contribution >= 4 is 21.6 Å². The quantitative estimate of drug-likeness (QED) is 0.529. The highest BCUT2D eigenvalue weighted by Crippen LogP contribution is 2.18. The lowest BCUT2D eigenvalue weighted by atomic mass is 10.1. The van der Waals surface area contributed by atoms with E-state index in [2.05, 4.69) is 11.6 Å². The molecule has 3 N–H and O–H groups in total. The molecular weight excluding hydrogens is 328 g/mol. The normalized spacial score (nSPS) is 11.1. The van der Waals surface area contributed by atoms with Crippen molar-refractivity contribution in [3.05, 3.63) is 59.7 Å². The number of aryl methyl sites for hydroxylation is 1. The van der Waals surface area contributed by atoms with E-state index in [0.29, 0.717) is 5.69 Å². The van der Waals surface area contributed by atoms with Crippen LogP contribution in [0.2, 0.25) is 0 Å². The zero-order chi connectivity index (χ0) is 17.6. The Morgan fingerprint density at radius 3 is 2.21 bits per heavy atom. The summed E-state index contributed by atoms with van der Waals surface area (Å²) in [5, 5.41) is 8.56. The summed E-state index contributed by atoms with van der Waals surface area (Å²) in [5.74, 6) is -0.660. The zero-order valence-electron chi connectivity index (χ0n) is 13.3. The second kappa shape index (κ2) is 7.94. The molecule has 0 unspecified atom stereocenters. The molecule has 0 heterocycles. The van der Waals surface area contributed by atoms with Gasteiger partial charge in [0.1, 0.15) is 0 Å². The first-order chi connectivity index (χ1) is 11.5. The molecule has 1 amide bonds. The van der Waals surface area contributed by atoms with Crippen molar-refractivity contribution in [3.63, 3.8) is 0 Å². The Hall–Kier alpha value is -2.38. The first-order valence-corrected chi connectivity index (χ1v) is 9.11.